The zero-order valence-electron chi connectivity index (χ0n) is 17.0. The third-order valence-corrected chi connectivity index (χ3v) is 6.69. The van der Waals surface area contributed by atoms with E-state index in [1.165, 1.54) is 11.6 Å². The number of para-hydroxylation sites is 1. The van der Waals surface area contributed by atoms with Crippen molar-refractivity contribution in [3.8, 4) is 5.75 Å². The van der Waals surface area contributed by atoms with E-state index in [0.717, 1.165) is 35.8 Å². The summed E-state index contributed by atoms with van der Waals surface area (Å²) in [6, 6.07) is 25.3. The molecule has 0 aromatic heterocycles. The summed E-state index contributed by atoms with van der Waals surface area (Å²) in [5, 5.41) is -0.0458. The van der Waals surface area contributed by atoms with Crippen LogP contribution in [-0.2, 0) is 11.3 Å². The number of hydrogen-bond acceptors (Lipinski definition) is 4. The molecule has 5 heteroatoms. The van der Waals surface area contributed by atoms with Gasteiger partial charge in [-0.2, -0.15) is 0 Å². The van der Waals surface area contributed by atoms with Gasteiger partial charge in [-0.1, -0.05) is 54.6 Å². The molecule has 3 aromatic carbocycles. The molecule has 3 nitrogen and oxygen atoms in total. The Hall–Kier alpha value is -2.34. The SMILES string of the molecule is COc1ccccc1S[C@@H](c1cccc(F)c1)C1CN(Cc2ccccc2)CCO1. The van der Waals surface area contributed by atoms with Crippen molar-refractivity contribution in [3.05, 3.63) is 95.8 Å². The maximum atomic E-state index is 14.1. The fourth-order valence-electron chi connectivity index (χ4n) is 3.80. The fraction of sp³-hybridized carbons (Fsp3) is 0.280. The normalized spacial score (nSPS) is 18.1. The van der Waals surface area contributed by atoms with Crippen LogP contribution in [0.4, 0.5) is 4.39 Å². The fourth-order valence-corrected chi connectivity index (χ4v) is 5.09. The lowest BCUT2D eigenvalue weighted by Crippen LogP contribution is -2.44. The average molecular weight is 424 g/mol. The summed E-state index contributed by atoms with van der Waals surface area (Å²) in [4.78, 5) is 3.44. The second-order valence-corrected chi connectivity index (χ2v) is 8.56. The van der Waals surface area contributed by atoms with E-state index < -0.39 is 0 Å². The van der Waals surface area contributed by atoms with E-state index in [0.29, 0.717) is 6.61 Å². The van der Waals surface area contributed by atoms with E-state index in [9.17, 15) is 4.39 Å². The van der Waals surface area contributed by atoms with E-state index in [1.807, 2.05) is 36.4 Å². The number of ether oxygens (including phenoxy) is 2. The van der Waals surface area contributed by atoms with E-state index in [4.69, 9.17) is 9.47 Å². The molecular weight excluding hydrogens is 397 g/mol. The molecule has 1 aliphatic heterocycles. The number of morpholine rings is 1. The van der Waals surface area contributed by atoms with Gasteiger partial charge in [-0.3, -0.25) is 4.90 Å². The molecule has 0 amide bonds. The summed E-state index contributed by atoms with van der Waals surface area (Å²) >= 11 is 1.67. The minimum atomic E-state index is -0.227. The number of hydrogen-bond donors (Lipinski definition) is 0. The van der Waals surface area contributed by atoms with Crippen LogP contribution in [0.5, 0.6) is 5.75 Å². The van der Waals surface area contributed by atoms with Crippen molar-refractivity contribution < 1.29 is 13.9 Å². The molecule has 156 valence electrons. The van der Waals surface area contributed by atoms with Crippen LogP contribution >= 0.6 is 11.8 Å². The standard InChI is InChI=1S/C25H26FNO2S/c1-28-22-12-5-6-13-24(22)30-25(20-10-7-11-21(26)16-20)23-18-27(14-15-29-23)17-19-8-3-2-4-9-19/h2-13,16,23,25H,14-15,17-18H2,1H3/t23?,25-/m0/s1. The smallest absolute Gasteiger partial charge is 0.132 e. The predicted molar refractivity (Wildman–Crippen MR) is 119 cm³/mol. The Bertz CT molecular complexity index is 953. The van der Waals surface area contributed by atoms with Crippen molar-refractivity contribution in [2.24, 2.45) is 0 Å². The van der Waals surface area contributed by atoms with Gasteiger partial charge in [0.1, 0.15) is 11.6 Å². The number of methoxy groups -OCH3 is 1. The Morgan fingerprint density at radius 3 is 2.67 bits per heavy atom. The second-order valence-electron chi connectivity index (χ2n) is 7.37. The van der Waals surface area contributed by atoms with E-state index in [-0.39, 0.29) is 17.2 Å². The van der Waals surface area contributed by atoms with Crippen molar-refractivity contribution in [1.29, 1.82) is 0 Å². The molecule has 0 saturated carbocycles. The first-order chi connectivity index (χ1) is 14.7. The molecule has 0 spiro atoms. The molecule has 1 saturated heterocycles. The maximum Gasteiger partial charge on any atom is 0.132 e. The molecular formula is C25H26FNO2S. The maximum absolute atomic E-state index is 14.1. The minimum Gasteiger partial charge on any atom is -0.496 e. The molecule has 0 radical (unpaired) electrons. The number of benzene rings is 3. The zero-order valence-corrected chi connectivity index (χ0v) is 17.9. The van der Waals surface area contributed by atoms with E-state index in [1.54, 1.807) is 31.0 Å². The summed E-state index contributed by atoms with van der Waals surface area (Å²) in [5.41, 5.74) is 2.22. The molecule has 0 bridgehead atoms. The number of thioether (sulfide) groups is 1. The summed E-state index contributed by atoms with van der Waals surface area (Å²) in [5.74, 6) is 0.593. The minimum absolute atomic E-state index is 0.0458. The lowest BCUT2D eigenvalue weighted by atomic mass is 10.1. The highest BCUT2D eigenvalue weighted by Gasteiger charge is 2.31. The summed E-state index contributed by atoms with van der Waals surface area (Å²) in [7, 11) is 1.68. The Kier molecular flexibility index (Phi) is 7.05. The zero-order chi connectivity index (χ0) is 20.8. The largest absolute Gasteiger partial charge is 0.496 e. The number of nitrogens with zero attached hydrogens (tertiary/aromatic N) is 1. The van der Waals surface area contributed by atoms with Crippen LogP contribution < -0.4 is 4.74 Å². The monoisotopic (exact) mass is 423 g/mol. The highest BCUT2D eigenvalue weighted by atomic mass is 32.2. The van der Waals surface area contributed by atoms with Crippen LogP contribution in [0, 0.1) is 5.82 Å². The van der Waals surface area contributed by atoms with Crippen molar-refractivity contribution in [2.45, 2.75) is 22.8 Å². The predicted octanol–water partition coefficient (Wildman–Crippen LogP) is 5.57. The molecule has 30 heavy (non-hydrogen) atoms. The molecule has 3 aromatic rings. The molecule has 1 heterocycles. The number of rotatable bonds is 7. The van der Waals surface area contributed by atoms with Gasteiger partial charge in [-0.15, -0.1) is 11.8 Å². The van der Waals surface area contributed by atoms with Gasteiger partial charge in [0, 0.05) is 19.6 Å². The molecule has 4 rings (SSSR count). The van der Waals surface area contributed by atoms with Crippen LogP contribution in [0.25, 0.3) is 0 Å². The van der Waals surface area contributed by atoms with Gasteiger partial charge < -0.3 is 9.47 Å². The highest BCUT2D eigenvalue weighted by Crippen LogP contribution is 2.43. The van der Waals surface area contributed by atoms with Gasteiger partial charge in [0.2, 0.25) is 0 Å². The third kappa shape index (κ3) is 5.22. The van der Waals surface area contributed by atoms with Gasteiger partial charge in [-0.05, 0) is 35.4 Å². The molecule has 1 fully saturated rings. The van der Waals surface area contributed by atoms with E-state index >= 15 is 0 Å². The topological polar surface area (TPSA) is 21.7 Å². The van der Waals surface area contributed by atoms with Gasteiger partial charge in [0.15, 0.2) is 0 Å². The molecule has 0 N–H and O–H groups in total. The van der Waals surface area contributed by atoms with Crippen molar-refractivity contribution in [3.63, 3.8) is 0 Å². The van der Waals surface area contributed by atoms with Gasteiger partial charge in [-0.25, -0.2) is 4.39 Å². The summed E-state index contributed by atoms with van der Waals surface area (Å²) in [6.45, 7) is 3.23. The van der Waals surface area contributed by atoms with Crippen molar-refractivity contribution in [1.82, 2.24) is 4.90 Å². The first-order valence-electron chi connectivity index (χ1n) is 10.2. The van der Waals surface area contributed by atoms with Crippen LogP contribution in [0.1, 0.15) is 16.4 Å². The van der Waals surface area contributed by atoms with Crippen LogP contribution in [0.3, 0.4) is 0 Å². The first-order valence-corrected chi connectivity index (χ1v) is 11.0. The molecule has 0 aliphatic carbocycles. The van der Waals surface area contributed by atoms with Gasteiger partial charge in [0.25, 0.3) is 0 Å². The van der Waals surface area contributed by atoms with Gasteiger partial charge >= 0.3 is 0 Å². The summed E-state index contributed by atoms with van der Waals surface area (Å²) in [6.07, 6.45) is -0.0563. The Balaban J connectivity index is 1.58. The van der Waals surface area contributed by atoms with Crippen molar-refractivity contribution in [2.75, 3.05) is 26.8 Å². The molecule has 2 atom stereocenters. The molecule has 1 aliphatic rings. The Morgan fingerprint density at radius 2 is 1.87 bits per heavy atom. The summed E-state index contributed by atoms with van der Waals surface area (Å²) < 4.78 is 25.8. The second kappa shape index (κ2) is 10.1. The van der Waals surface area contributed by atoms with E-state index in [2.05, 4.69) is 29.2 Å². The lowest BCUT2D eigenvalue weighted by molar-refractivity contribution is -0.0320. The first kappa shape index (κ1) is 20.9. The van der Waals surface area contributed by atoms with Crippen LogP contribution in [-0.4, -0.2) is 37.8 Å². The average Bonchev–Trinajstić information content (AvgIpc) is 2.78. The van der Waals surface area contributed by atoms with Gasteiger partial charge in [0.05, 0.1) is 30.0 Å². The highest BCUT2D eigenvalue weighted by molar-refractivity contribution is 7.99. The number of halogens is 1. The van der Waals surface area contributed by atoms with Crippen molar-refractivity contribution >= 4 is 11.8 Å². The molecule has 1 unspecified atom stereocenters. The lowest BCUT2D eigenvalue weighted by Gasteiger charge is -2.37. The van der Waals surface area contributed by atoms with Crippen LogP contribution in [0.15, 0.2) is 83.8 Å². The third-order valence-electron chi connectivity index (χ3n) is 5.26. The Morgan fingerprint density at radius 1 is 1.07 bits per heavy atom. The quantitative estimate of drug-likeness (QED) is 0.463. The Labute approximate surface area is 181 Å². The van der Waals surface area contributed by atoms with Crippen LogP contribution in [0.2, 0.25) is 0 Å².